The lowest BCUT2D eigenvalue weighted by Gasteiger charge is -2.17. The lowest BCUT2D eigenvalue weighted by molar-refractivity contribution is 0.0925. The van der Waals surface area contributed by atoms with Crippen LogP contribution >= 0.6 is 0 Å². The zero-order valence-electron chi connectivity index (χ0n) is 16.7. The maximum atomic E-state index is 13.0. The summed E-state index contributed by atoms with van der Waals surface area (Å²) in [4.78, 5) is 43.7. The van der Waals surface area contributed by atoms with Crippen molar-refractivity contribution in [2.75, 3.05) is 17.3 Å². The molecule has 0 unspecified atom stereocenters. The molecule has 1 aromatic heterocycles. The Balaban J connectivity index is 1.62. The second-order valence-corrected chi connectivity index (χ2v) is 7.04. The third kappa shape index (κ3) is 3.30. The summed E-state index contributed by atoms with van der Waals surface area (Å²) < 4.78 is 5.00. The van der Waals surface area contributed by atoms with E-state index in [0.29, 0.717) is 17.3 Å². The molecule has 3 amide bonds. The summed E-state index contributed by atoms with van der Waals surface area (Å²) in [6.45, 7) is 3.75. The molecule has 0 bridgehead atoms. The number of pyridine rings is 1. The van der Waals surface area contributed by atoms with Crippen molar-refractivity contribution in [3.63, 3.8) is 0 Å². The molecule has 150 valence electrons. The molecule has 2 aromatic carbocycles. The average Bonchev–Trinajstić information content (AvgIpc) is 3.00. The summed E-state index contributed by atoms with van der Waals surface area (Å²) in [7, 11) is 1.50. The lowest BCUT2D eigenvalue weighted by Crippen LogP contribution is -2.30. The predicted octanol–water partition coefficient (Wildman–Crippen LogP) is 3.76. The van der Waals surface area contributed by atoms with Gasteiger partial charge in [-0.1, -0.05) is 12.1 Å². The van der Waals surface area contributed by atoms with Gasteiger partial charge in [-0.25, -0.2) is 9.88 Å². The van der Waals surface area contributed by atoms with Gasteiger partial charge in [0.05, 0.1) is 35.8 Å². The highest BCUT2D eigenvalue weighted by molar-refractivity contribution is 6.35. The number of aryl methyl sites for hydroxylation is 2. The molecular weight excluding hydrogens is 382 g/mol. The maximum Gasteiger partial charge on any atom is 0.266 e. The van der Waals surface area contributed by atoms with E-state index >= 15 is 0 Å². The number of nitrogens with one attached hydrogen (secondary N) is 1. The van der Waals surface area contributed by atoms with Crippen LogP contribution in [0.4, 0.5) is 11.4 Å². The van der Waals surface area contributed by atoms with E-state index < -0.39 is 17.7 Å². The van der Waals surface area contributed by atoms with Crippen LogP contribution in [0.3, 0.4) is 0 Å². The van der Waals surface area contributed by atoms with Crippen molar-refractivity contribution < 1.29 is 19.1 Å². The van der Waals surface area contributed by atoms with Crippen molar-refractivity contribution >= 4 is 29.1 Å². The van der Waals surface area contributed by atoms with Crippen molar-refractivity contribution in [2.45, 2.75) is 13.8 Å². The number of benzene rings is 2. The van der Waals surface area contributed by atoms with E-state index in [1.807, 2.05) is 26.0 Å². The van der Waals surface area contributed by atoms with E-state index in [9.17, 15) is 14.4 Å². The van der Waals surface area contributed by atoms with Crippen molar-refractivity contribution in [1.82, 2.24) is 4.98 Å². The molecular formula is C23H19N3O4. The Morgan fingerprint density at radius 1 is 0.967 bits per heavy atom. The minimum atomic E-state index is -0.440. The first-order chi connectivity index (χ1) is 14.4. The van der Waals surface area contributed by atoms with Gasteiger partial charge in [0.2, 0.25) is 5.88 Å². The summed E-state index contributed by atoms with van der Waals surface area (Å²) in [5.74, 6) is -0.809. The van der Waals surface area contributed by atoms with Gasteiger partial charge in [0.25, 0.3) is 17.7 Å². The molecule has 0 fully saturated rings. The SMILES string of the molecule is COc1ccc(NC(=O)c2ccc3c(c2)C(=O)N(c2cc(C)ccc2C)C3=O)cn1. The summed E-state index contributed by atoms with van der Waals surface area (Å²) >= 11 is 0. The Labute approximate surface area is 173 Å². The first-order valence-corrected chi connectivity index (χ1v) is 9.30. The Morgan fingerprint density at radius 3 is 2.43 bits per heavy atom. The van der Waals surface area contributed by atoms with Crippen molar-refractivity contribution in [1.29, 1.82) is 0 Å². The van der Waals surface area contributed by atoms with E-state index in [4.69, 9.17) is 4.74 Å². The number of rotatable bonds is 4. The van der Waals surface area contributed by atoms with Gasteiger partial charge in [0, 0.05) is 11.6 Å². The monoisotopic (exact) mass is 401 g/mol. The van der Waals surface area contributed by atoms with Crippen LogP contribution in [0, 0.1) is 13.8 Å². The first kappa shape index (κ1) is 19.3. The molecule has 0 radical (unpaired) electrons. The Morgan fingerprint density at radius 2 is 1.73 bits per heavy atom. The average molecular weight is 401 g/mol. The van der Waals surface area contributed by atoms with Crippen molar-refractivity contribution in [2.24, 2.45) is 0 Å². The molecule has 0 saturated heterocycles. The van der Waals surface area contributed by atoms with Gasteiger partial charge in [-0.3, -0.25) is 14.4 Å². The van der Waals surface area contributed by atoms with Crippen LogP contribution in [0.5, 0.6) is 5.88 Å². The third-order valence-corrected chi connectivity index (χ3v) is 4.96. The van der Waals surface area contributed by atoms with Gasteiger partial charge in [-0.15, -0.1) is 0 Å². The number of hydrogen-bond acceptors (Lipinski definition) is 5. The van der Waals surface area contributed by atoms with E-state index in [1.165, 1.54) is 36.4 Å². The minimum Gasteiger partial charge on any atom is -0.481 e. The van der Waals surface area contributed by atoms with E-state index in [-0.39, 0.29) is 16.7 Å². The number of carbonyl (C=O) groups is 3. The van der Waals surface area contributed by atoms with E-state index in [2.05, 4.69) is 10.3 Å². The number of amides is 3. The molecule has 2 heterocycles. The fraction of sp³-hybridized carbons (Fsp3) is 0.130. The van der Waals surface area contributed by atoms with Crippen molar-refractivity contribution in [3.05, 3.63) is 82.5 Å². The molecule has 0 saturated carbocycles. The second kappa shape index (κ2) is 7.44. The standard InChI is InChI=1S/C23H19N3O4/c1-13-4-5-14(2)19(10-13)26-22(28)17-8-6-15(11-18(17)23(26)29)21(27)25-16-7-9-20(30-3)24-12-16/h4-12H,1-3H3,(H,25,27). The van der Waals surface area contributed by atoms with Crippen LogP contribution in [0.25, 0.3) is 0 Å². The normalized spacial score (nSPS) is 12.7. The first-order valence-electron chi connectivity index (χ1n) is 9.30. The topological polar surface area (TPSA) is 88.6 Å². The molecule has 0 atom stereocenters. The number of aromatic nitrogens is 1. The number of anilines is 2. The molecule has 4 rings (SSSR count). The minimum absolute atomic E-state index is 0.210. The molecule has 7 heteroatoms. The summed E-state index contributed by atoms with van der Waals surface area (Å²) in [5, 5.41) is 2.72. The molecule has 3 aromatic rings. The number of ether oxygens (including phenoxy) is 1. The van der Waals surface area contributed by atoms with Gasteiger partial charge in [0.1, 0.15) is 0 Å². The number of imide groups is 1. The van der Waals surface area contributed by atoms with E-state index in [1.54, 1.807) is 18.2 Å². The van der Waals surface area contributed by atoms with Gasteiger partial charge < -0.3 is 10.1 Å². The number of carbonyl (C=O) groups excluding carboxylic acids is 3. The fourth-order valence-electron chi connectivity index (χ4n) is 3.34. The highest BCUT2D eigenvalue weighted by atomic mass is 16.5. The molecule has 30 heavy (non-hydrogen) atoms. The quantitative estimate of drug-likeness (QED) is 0.673. The van der Waals surface area contributed by atoms with Crippen LogP contribution in [-0.2, 0) is 0 Å². The predicted molar refractivity (Wildman–Crippen MR) is 112 cm³/mol. The number of fused-ring (bicyclic) bond motifs is 1. The second-order valence-electron chi connectivity index (χ2n) is 7.04. The van der Waals surface area contributed by atoms with Gasteiger partial charge in [-0.2, -0.15) is 0 Å². The van der Waals surface area contributed by atoms with Crippen LogP contribution in [0.2, 0.25) is 0 Å². The number of nitrogens with zero attached hydrogens (tertiary/aromatic N) is 2. The molecule has 1 aliphatic rings. The number of hydrogen-bond donors (Lipinski definition) is 1. The highest BCUT2D eigenvalue weighted by Gasteiger charge is 2.37. The summed E-state index contributed by atoms with van der Waals surface area (Å²) in [5.41, 5.74) is 3.57. The van der Waals surface area contributed by atoms with Crippen LogP contribution in [-0.4, -0.2) is 29.8 Å². The molecule has 0 aliphatic carbocycles. The van der Waals surface area contributed by atoms with Crippen LogP contribution in [0.1, 0.15) is 42.2 Å². The van der Waals surface area contributed by atoms with Gasteiger partial charge in [-0.05, 0) is 55.3 Å². The lowest BCUT2D eigenvalue weighted by atomic mass is 10.1. The summed E-state index contributed by atoms with van der Waals surface area (Å²) in [6, 6.07) is 13.4. The zero-order valence-corrected chi connectivity index (χ0v) is 16.7. The molecule has 7 nitrogen and oxygen atoms in total. The Bertz CT molecular complexity index is 1190. The van der Waals surface area contributed by atoms with Crippen LogP contribution < -0.4 is 15.0 Å². The van der Waals surface area contributed by atoms with E-state index in [0.717, 1.165) is 11.1 Å². The maximum absolute atomic E-state index is 13.0. The van der Waals surface area contributed by atoms with Crippen LogP contribution in [0.15, 0.2) is 54.7 Å². The number of methoxy groups -OCH3 is 1. The highest BCUT2D eigenvalue weighted by Crippen LogP contribution is 2.32. The Kier molecular flexibility index (Phi) is 4.79. The Hall–Kier alpha value is -4.00. The van der Waals surface area contributed by atoms with Crippen molar-refractivity contribution in [3.8, 4) is 5.88 Å². The fourth-order valence-corrected chi connectivity index (χ4v) is 3.34. The zero-order chi connectivity index (χ0) is 21.4. The smallest absolute Gasteiger partial charge is 0.266 e. The molecule has 1 aliphatic heterocycles. The largest absolute Gasteiger partial charge is 0.481 e. The molecule has 0 spiro atoms. The van der Waals surface area contributed by atoms with Gasteiger partial charge in [0.15, 0.2) is 0 Å². The third-order valence-electron chi connectivity index (χ3n) is 4.96. The van der Waals surface area contributed by atoms with Gasteiger partial charge >= 0.3 is 0 Å². The summed E-state index contributed by atoms with van der Waals surface area (Å²) in [6.07, 6.45) is 1.47. The molecule has 1 N–H and O–H groups in total.